The van der Waals surface area contributed by atoms with E-state index in [1.165, 1.54) is 37.3 Å². The van der Waals surface area contributed by atoms with Crippen molar-refractivity contribution in [3.05, 3.63) is 29.8 Å². The van der Waals surface area contributed by atoms with Crippen LogP contribution in [0.1, 0.15) is 31.7 Å². The Kier molecular flexibility index (Phi) is 5.67. The van der Waals surface area contributed by atoms with Gasteiger partial charge in [0.05, 0.1) is 0 Å². The van der Waals surface area contributed by atoms with Gasteiger partial charge in [0.2, 0.25) is 0 Å². The zero-order chi connectivity index (χ0) is 13.5. The molecule has 3 heteroatoms. The van der Waals surface area contributed by atoms with E-state index in [0.29, 0.717) is 5.92 Å². The summed E-state index contributed by atoms with van der Waals surface area (Å²) < 4.78 is 0. The first-order valence-electron chi connectivity index (χ1n) is 7.53. The molecule has 1 aliphatic heterocycles. The normalized spacial score (nSPS) is 16.8. The fourth-order valence-corrected chi connectivity index (χ4v) is 2.62. The maximum absolute atomic E-state index is 3.59. The minimum Gasteiger partial charge on any atom is -0.385 e. The molecule has 2 N–H and O–H groups in total. The van der Waals surface area contributed by atoms with Gasteiger partial charge in [0.1, 0.15) is 0 Å². The van der Waals surface area contributed by atoms with Crippen LogP contribution in [0.4, 0.5) is 5.69 Å². The Morgan fingerprint density at radius 1 is 1.21 bits per heavy atom. The summed E-state index contributed by atoms with van der Waals surface area (Å²) in [7, 11) is 0. The number of hydrogen-bond acceptors (Lipinski definition) is 3. The van der Waals surface area contributed by atoms with Gasteiger partial charge in [-0.05, 0) is 30.5 Å². The minimum absolute atomic E-state index is 0.580. The average Bonchev–Trinajstić information content (AvgIpc) is 2.45. The Labute approximate surface area is 117 Å². The van der Waals surface area contributed by atoms with Gasteiger partial charge in [0.15, 0.2) is 0 Å². The Morgan fingerprint density at radius 2 is 1.95 bits per heavy atom. The molecule has 1 heterocycles. The third-order valence-corrected chi connectivity index (χ3v) is 3.76. The van der Waals surface area contributed by atoms with Crippen LogP contribution in [0.5, 0.6) is 0 Å². The van der Waals surface area contributed by atoms with E-state index in [9.17, 15) is 0 Å². The number of hydrogen-bond donors (Lipinski definition) is 2. The number of nitrogens with one attached hydrogen (secondary N) is 2. The molecule has 0 aliphatic carbocycles. The van der Waals surface area contributed by atoms with E-state index in [2.05, 4.69) is 53.6 Å². The van der Waals surface area contributed by atoms with Crippen molar-refractivity contribution in [1.82, 2.24) is 10.2 Å². The molecule has 0 atom stereocenters. The summed E-state index contributed by atoms with van der Waals surface area (Å²) >= 11 is 0. The fraction of sp³-hybridized carbons (Fsp3) is 0.625. The quantitative estimate of drug-likeness (QED) is 0.771. The monoisotopic (exact) mass is 261 g/mol. The molecule has 19 heavy (non-hydrogen) atoms. The van der Waals surface area contributed by atoms with Crippen molar-refractivity contribution in [3.63, 3.8) is 0 Å². The number of nitrogens with zero attached hydrogens (tertiary/aromatic N) is 1. The number of anilines is 1. The molecule has 1 aromatic carbocycles. The highest BCUT2D eigenvalue weighted by molar-refractivity contribution is 5.52. The smallest absolute Gasteiger partial charge is 0.0375 e. The van der Waals surface area contributed by atoms with Crippen molar-refractivity contribution < 1.29 is 0 Å². The van der Waals surface area contributed by atoms with Crippen molar-refractivity contribution in [2.24, 2.45) is 0 Å². The molecule has 0 amide bonds. The van der Waals surface area contributed by atoms with Gasteiger partial charge in [-0.2, -0.15) is 0 Å². The maximum Gasteiger partial charge on any atom is 0.0375 e. The third kappa shape index (κ3) is 4.51. The summed E-state index contributed by atoms with van der Waals surface area (Å²) in [5, 5.41) is 6.99. The van der Waals surface area contributed by atoms with Gasteiger partial charge in [-0.15, -0.1) is 0 Å². The molecule has 0 spiro atoms. The number of piperazine rings is 1. The average molecular weight is 261 g/mol. The summed E-state index contributed by atoms with van der Waals surface area (Å²) in [6.45, 7) is 11.5. The van der Waals surface area contributed by atoms with Crippen LogP contribution in [0, 0.1) is 0 Å². The number of benzene rings is 1. The molecule has 3 nitrogen and oxygen atoms in total. The molecule has 0 unspecified atom stereocenters. The fourth-order valence-electron chi connectivity index (χ4n) is 2.62. The predicted octanol–water partition coefficient (Wildman–Crippen LogP) is 2.52. The van der Waals surface area contributed by atoms with Crippen LogP contribution in [0.2, 0.25) is 0 Å². The Bertz CT molecular complexity index is 370. The minimum atomic E-state index is 0.580. The molecule has 1 aliphatic rings. The second kappa shape index (κ2) is 7.51. The topological polar surface area (TPSA) is 27.3 Å². The third-order valence-electron chi connectivity index (χ3n) is 3.76. The summed E-state index contributed by atoms with van der Waals surface area (Å²) in [6, 6.07) is 8.66. The first kappa shape index (κ1) is 14.4. The van der Waals surface area contributed by atoms with Gasteiger partial charge >= 0.3 is 0 Å². The second-order valence-corrected chi connectivity index (χ2v) is 5.61. The molecule has 2 rings (SSSR count). The standard InChI is InChI=1S/C16H27N3/c1-14(2)15-6-3-4-7-16(15)18-8-5-11-19-12-9-17-10-13-19/h3-4,6-7,14,17-18H,5,8-13H2,1-2H3. The van der Waals surface area contributed by atoms with Crippen LogP contribution in [-0.2, 0) is 0 Å². The zero-order valence-electron chi connectivity index (χ0n) is 12.3. The first-order valence-corrected chi connectivity index (χ1v) is 7.53. The molecular formula is C16H27N3. The van der Waals surface area contributed by atoms with Crippen molar-refractivity contribution >= 4 is 5.69 Å². The lowest BCUT2D eigenvalue weighted by Gasteiger charge is -2.27. The number of para-hydroxylation sites is 1. The highest BCUT2D eigenvalue weighted by atomic mass is 15.2. The lowest BCUT2D eigenvalue weighted by Crippen LogP contribution is -2.44. The second-order valence-electron chi connectivity index (χ2n) is 5.61. The first-order chi connectivity index (χ1) is 9.27. The Balaban J connectivity index is 1.73. The van der Waals surface area contributed by atoms with E-state index in [1.54, 1.807) is 0 Å². The van der Waals surface area contributed by atoms with E-state index in [0.717, 1.165) is 19.6 Å². The molecule has 1 saturated heterocycles. The van der Waals surface area contributed by atoms with Crippen LogP contribution in [0.15, 0.2) is 24.3 Å². The van der Waals surface area contributed by atoms with E-state index in [1.807, 2.05) is 0 Å². The lowest BCUT2D eigenvalue weighted by molar-refractivity contribution is 0.240. The zero-order valence-corrected chi connectivity index (χ0v) is 12.3. The summed E-state index contributed by atoms with van der Waals surface area (Å²) in [6.07, 6.45) is 1.21. The molecule has 0 aromatic heterocycles. The Morgan fingerprint density at radius 3 is 2.68 bits per heavy atom. The van der Waals surface area contributed by atoms with Gasteiger partial charge in [0.25, 0.3) is 0 Å². The van der Waals surface area contributed by atoms with E-state index in [4.69, 9.17) is 0 Å². The van der Waals surface area contributed by atoms with Gasteiger partial charge in [-0.1, -0.05) is 32.0 Å². The van der Waals surface area contributed by atoms with Crippen LogP contribution >= 0.6 is 0 Å². The number of rotatable bonds is 6. The van der Waals surface area contributed by atoms with Gasteiger partial charge in [0, 0.05) is 38.4 Å². The van der Waals surface area contributed by atoms with Gasteiger partial charge in [-0.3, -0.25) is 0 Å². The molecule has 1 aromatic rings. The van der Waals surface area contributed by atoms with Crippen molar-refractivity contribution in [1.29, 1.82) is 0 Å². The Hall–Kier alpha value is -1.06. The van der Waals surface area contributed by atoms with Crippen molar-refractivity contribution in [2.45, 2.75) is 26.2 Å². The van der Waals surface area contributed by atoms with Crippen LogP contribution < -0.4 is 10.6 Å². The van der Waals surface area contributed by atoms with Crippen LogP contribution in [-0.4, -0.2) is 44.2 Å². The molecule has 106 valence electrons. The van der Waals surface area contributed by atoms with Crippen molar-refractivity contribution in [2.75, 3.05) is 44.6 Å². The largest absolute Gasteiger partial charge is 0.385 e. The summed E-state index contributed by atoms with van der Waals surface area (Å²) in [5.41, 5.74) is 2.72. The molecule has 1 fully saturated rings. The summed E-state index contributed by atoms with van der Waals surface area (Å²) in [5.74, 6) is 0.580. The lowest BCUT2D eigenvalue weighted by atomic mass is 10.0. The van der Waals surface area contributed by atoms with E-state index >= 15 is 0 Å². The molecule has 0 bridgehead atoms. The van der Waals surface area contributed by atoms with E-state index < -0.39 is 0 Å². The van der Waals surface area contributed by atoms with Gasteiger partial charge in [-0.25, -0.2) is 0 Å². The molecular weight excluding hydrogens is 234 g/mol. The highest BCUT2D eigenvalue weighted by Gasteiger charge is 2.09. The predicted molar refractivity (Wildman–Crippen MR) is 82.9 cm³/mol. The maximum atomic E-state index is 3.59. The molecule has 0 saturated carbocycles. The van der Waals surface area contributed by atoms with Crippen LogP contribution in [0.25, 0.3) is 0 Å². The van der Waals surface area contributed by atoms with E-state index in [-0.39, 0.29) is 0 Å². The summed E-state index contributed by atoms with van der Waals surface area (Å²) in [4.78, 5) is 2.55. The van der Waals surface area contributed by atoms with Crippen molar-refractivity contribution in [3.8, 4) is 0 Å². The van der Waals surface area contributed by atoms with Gasteiger partial charge < -0.3 is 15.5 Å². The SMILES string of the molecule is CC(C)c1ccccc1NCCCN1CCNCC1. The molecule has 0 radical (unpaired) electrons. The van der Waals surface area contributed by atoms with Crippen LogP contribution in [0.3, 0.4) is 0 Å². The highest BCUT2D eigenvalue weighted by Crippen LogP contribution is 2.23.